The SMILES string of the molecule is O=C(CN1CCN(C(=O)NCCc2cn3c(n2)CCCC3)CC1)Nc1ccccc1. The zero-order valence-electron chi connectivity index (χ0n) is 17.3. The van der Waals surface area contributed by atoms with Crippen LogP contribution >= 0.6 is 0 Å². The molecule has 2 aromatic rings. The molecule has 1 saturated heterocycles. The van der Waals surface area contributed by atoms with Crippen molar-refractivity contribution in [3.8, 4) is 0 Å². The second-order valence-corrected chi connectivity index (χ2v) is 7.96. The number of amides is 3. The highest BCUT2D eigenvalue weighted by atomic mass is 16.2. The molecule has 2 aliphatic heterocycles. The molecule has 0 atom stereocenters. The van der Waals surface area contributed by atoms with E-state index in [1.807, 2.05) is 35.2 Å². The first-order valence-corrected chi connectivity index (χ1v) is 10.8. The molecule has 1 aromatic carbocycles. The van der Waals surface area contributed by atoms with Gasteiger partial charge < -0.3 is 20.1 Å². The van der Waals surface area contributed by atoms with Gasteiger partial charge in [-0.25, -0.2) is 9.78 Å². The van der Waals surface area contributed by atoms with E-state index in [2.05, 4.69) is 31.3 Å². The number of fused-ring (bicyclic) bond motifs is 1. The highest BCUT2D eigenvalue weighted by Crippen LogP contribution is 2.14. The molecule has 0 bridgehead atoms. The van der Waals surface area contributed by atoms with Gasteiger partial charge in [0.05, 0.1) is 12.2 Å². The van der Waals surface area contributed by atoms with E-state index in [0.717, 1.165) is 30.8 Å². The van der Waals surface area contributed by atoms with Gasteiger partial charge in [-0.05, 0) is 25.0 Å². The maximum absolute atomic E-state index is 12.4. The first-order chi connectivity index (χ1) is 14.7. The average molecular weight is 411 g/mol. The molecule has 0 aliphatic carbocycles. The number of urea groups is 1. The van der Waals surface area contributed by atoms with Crippen LogP contribution in [0.25, 0.3) is 0 Å². The minimum atomic E-state index is -0.0349. The number of anilines is 1. The van der Waals surface area contributed by atoms with Crippen molar-refractivity contribution in [2.75, 3.05) is 44.6 Å². The monoisotopic (exact) mass is 410 g/mol. The van der Waals surface area contributed by atoms with Gasteiger partial charge in [0.15, 0.2) is 0 Å². The van der Waals surface area contributed by atoms with Crippen LogP contribution in [0.4, 0.5) is 10.5 Å². The van der Waals surface area contributed by atoms with Gasteiger partial charge in [0.1, 0.15) is 5.82 Å². The Balaban J connectivity index is 1.14. The predicted molar refractivity (Wildman–Crippen MR) is 115 cm³/mol. The highest BCUT2D eigenvalue weighted by molar-refractivity contribution is 5.92. The molecule has 8 heteroatoms. The highest BCUT2D eigenvalue weighted by Gasteiger charge is 2.22. The summed E-state index contributed by atoms with van der Waals surface area (Å²) in [6, 6.07) is 9.43. The second-order valence-electron chi connectivity index (χ2n) is 7.96. The molecule has 8 nitrogen and oxygen atoms in total. The van der Waals surface area contributed by atoms with Crippen LogP contribution in [0.1, 0.15) is 24.4 Å². The molecular weight excluding hydrogens is 380 g/mol. The van der Waals surface area contributed by atoms with E-state index in [1.54, 1.807) is 0 Å². The Morgan fingerprint density at radius 3 is 2.57 bits per heavy atom. The lowest BCUT2D eigenvalue weighted by atomic mass is 10.2. The Labute approximate surface area is 177 Å². The van der Waals surface area contributed by atoms with Crippen LogP contribution in [0, 0.1) is 0 Å². The number of benzene rings is 1. The number of piperazine rings is 1. The van der Waals surface area contributed by atoms with E-state index in [9.17, 15) is 9.59 Å². The zero-order valence-corrected chi connectivity index (χ0v) is 17.3. The van der Waals surface area contributed by atoms with E-state index in [0.29, 0.717) is 39.3 Å². The summed E-state index contributed by atoms with van der Waals surface area (Å²) in [5, 5.41) is 5.91. The number of nitrogens with zero attached hydrogens (tertiary/aromatic N) is 4. The number of carbonyl (C=O) groups is 2. The van der Waals surface area contributed by atoms with Crippen molar-refractivity contribution in [2.45, 2.75) is 32.2 Å². The third-order valence-electron chi connectivity index (χ3n) is 5.70. The topological polar surface area (TPSA) is 82.5 Å². The fourth-order valence-electron chi connectivity index (χ4n) is 4.04. The van der Waals surface area contributed by atoms with Crippen molar-refractivity contribution in [3.05, 3.63) is 48.0 Å². The quantitative estimate of drug-likeness (QED) is 0.760. The summed E-state index contributed by atoms with van der Waals surface area (Å²) < 4.78 is 2.24. The molecule has 0 saturated carbocycles. The van der Waals surface area contributed by atoms with Crippen LogP contribution in [-0.2, 0) is 24.2 Å². The summed E-state index contributed by atoms with van der Waals surface area (Å²) in [6.45, 7) is 4.64. The standard InChI is InChI=1S/C22H30N6O2/c29-21(25-18-6-2-1-3-7-18)17-26-12-14-27(15-13-26)22(30)23-10-9-19-16-28-11-5-4-8-20(28)24-19/h1-3,6-7,16H,4-5,8-15,17H2,(H,23,30)(H,25,29). The number of nitrogens with one attached hydrogen (secondary N) is 2. The summed E-state index contributed by atoms with van der Waals surface area (Å²) in [5.41, 5.74) is 1.86. The van der Waals surface area contributed by atoms with Crippen LogP contribution in [-0.4, -0.2) is 70.6 Å². The minimum absolute atomic E-state index is 0.0260. The Morgan fingerprint density at radius 1 is 1.00 bits per heavy atom. The maximum Gasteiger partial charge on any atom is 0.317 e. The van der Waals surface area contributed by atoms with E-state index in [4.69, 9.17) is 0 Å². The molecule has 1 fully saturated rings. The molecular formula is C22H30N6O2. The van der Waals surface area contributed by atoms with Crippen molar-refractivity contribution in [1.82, 2.24) is 24.7 Å². The van der Waals surface area contributed by atoms with Crippen LogP contribution < -0.4 is 10.6 Å². The van der Waals surface area contributed by atoms with E-state index < -0.39 is 0 Å². The van der Waals surface area contributed by atoms with Crippen molar-refractivity contribution >= 4 is 17.6 Å². The largest absolute Gasteiger partial charge is 0.338 e. The molecule has 0 spiro atoms. The van der Waals surface area contributed by atoms with Gasteiger partial charge in [-0.3, -0.25) is 9.69 Å². The number of imidazole rings is 1. The smallest absolute Gasteiger partial charge is 0.317 e. The molecule has 4 rings (SSSR count). The number of rotatable bonds is 6. The molecule has 1 aromatic heterocycles. The lowest BCUT2D eigenvalue weighted by Gasteiger charge is -2.34. The first kappa shape index (κ1) is 20.4. The van der Waals surface area contributed by atoms with E-state index >= 15 is 0 Å². The normalized spacial score (nSPS) is 16.7. The van der Waals surface area contributed by atoms with Gasteiger partial charge in [-0.2, -0.15) is 0 Å². The lowest BCUT2D eigenvalue weighted by Crippen LogP contribution is -2.53. The predicted octanol–water partition coefficient (Wildman–Crippen LogP) is 1.73. The van der Waals surface area contributed by atoms with Crippen molar-refractivity contribution in [1.29, 1.82) is 0 Å². The summed E-state index contributed by atoms with van der Waals surface area (Å²) >= 11 is 0. The van der Waals surface area contributed by atoms with Gasteiger partial charge in [-0.15, -0.1) is 0 Å². The average Bonchev–Trinajstić information content (AvgIpc) is 3.17. The fourth-order valence-corrected chi connectivity index (χ4v) is 4.04. The molecule has 2 N–H and O–H groups in total. The van der Waals surface area contributed by atoms with Gasteiger partial charge >= 0.3 is 6.03 Å². The van der Waals surface area contributed by atoms with Gasteiger partial charge in [-0.1, -0.05) is 18.2 Å². The number of hydrogen-bond donors (Lipinski definition) is 2. The molecule has 0 unspecified atom stereocenters. The van der Waals surface area contributed by atoms with Crippen molar-refractivity contribution < 1.29 is 9.59 Å². The third kappa shape index (κ3) is 5.38. The number of aryl methyl sites for hydroxylation is 2. The number of para-hydroxylation sites is 1. The van der Waals surface area contributed by atoms with Crippen LogP contribution in [0.15, 0.2) is 36.5 Å². The number of carbonyl (C=O) groups excluding carboxylic acids is 2. The minimum Gasteiger partial charge on any atom is -0.338 e. The molecule has 0 radical (unpaired) electrons. The van der Waals surface area contributed by atoms with Crippen LogP contribution in [0.2, 0.25) is 0 Å². The lowest BCUT2D eigenvalue weighted by molar-refractivity contribution is -0.117. The maximum atomic E-state index is 12.4. The van der Waals surface area contributed by atoms with Gasteiger partial charge in [0.25, 0.3) is 0 Å². The summed E-state index contributed by atoms with van der Waals surface area (Å²) in [7, 11) is 0. The zero-order chi connectivity index (χ0) is 20.8. The summed E-state index contributed by atoms with van der Waals surface area (Å²) in [5.74, 6) is 1.15. The van der Waals surface area contributed by atoms with Crippen molar-refractivity contribution in [3.63, 3.8) is 0 Å². The molecule has 160 valence electrons. The third-order valence-corrected chi connectivity index (χ3v) is 5.70. The second kappa shape index (κ2) is 9.75. The first-order valence-electron chi connectivity index (χ1n) is 10.8. The Kier molecular flexibility index (Phi) is 6.63. The summed E-state index contributed by atoms with van der Waals surface area (Å²) in [4.78, 5) is 33.2. The van der Waals surface area contributed by atoms with Gasteiger partial charge in [0, 0.05) is 64.0 Å². The number of aromatic nitrogens is 2. The van der Waals surface area contributed by atoms with Gasteiger partial charge in [0.2, 0.25) is 5.91 Å². The Bertz CT molecular complexity index is 834. The summed E-state index contributed by atoms with van der Waals surface area (Å²) in [6.07, 6.45) is 6.37. The van der Waals surface area contributed by atoms with E-state index in [-0.39, 0.29) is 11.9 Å². The Morgan fingerprint density at radius 2 is 1.80 bits per heavy atom. The van der Waals surface area contributed by atoms with Crippen molar-refractivity contribution in [2.24, 2.45) is 0 Å². The fraction of sp³-hybridized carbons (Fsp3) is 0.500. The molecule has 3 heterocycles. The van der Waals surface area contributed by atoms with Crippen LogP contribution in [0.5, 0.6) is 0 Å². The Hall–Kier alpha value is -2.87. The van der Waals surface area contributed by atoms with E-state index in [1.165, 1.54) is 18.7 Å². The molecule has 30 heavy (non-hydrogen) atoms. The number of hydrogen-bond acceptors (Lipinski definition) is 4. The molecule has 3 amide bonds. The molecule has 2 aliphatic rings. The van der Waals surface area contributed by atoms with Crippen LogP contribution in [0.3, 0.4) is 0 Å².